The topological polar surface area (TPSA) is 20.7 Å². The summed E-state index contributed by atoms with van der Waals surface area (Å²) >= 11 is 0. The number of nitrogens with one attached hydrogen (secondary N) is 1. The number of rotatable bonds is 0. The molecule has 0 fully saturated rings. The smallest absolute Gasteiger partial charge is 0.0751 e. The molecule has 0 aliphatic rings. The lowest BCUT2D eigenvalue weighted by atomic mass is 10.1. The third-order valence-corrected chi connectivity index (χ3v) is 3.88. The highest BCUT2D eigenvalue weighted by Gasteiger charge is 2.14. The van der Waals surface area contributed by atoms with Crippen molar-refractivity contribution in [3.05, 3.63) is 48.0 Å². The molecule has 0 aliphatic carbocycles. The van der Waals surface area contributed by atoms with Gasteiger partial charge >= 0.3 is 0 Å². The summed E-state index contributed by atoms with van der Waals surface area (Å²) in [5.41, 5.74) is 6.39. The number of fused-ring (bicyclic) bond motifs is 5. The molecule has 18 heavy (non-hydrogen) atoms. The van der Waals surface area contributed by atoms with Crippen LogP contribution in [0.1, 0.15) is 5.56 Å². The van der Waals surface area contributed by atoms with E-state index in [0.717, 1.165) is 0 Å². The molecule has 2 aromatic carbocycles. The van der Waals surface area contributed by atoms with Gasteiger partial charge in [0.05, 0.1) is 16.6 Å². The molecule has 0 amide bonds. The lowest BCUT2D eigenvalue weighted by Gasteiger charge is -2.00. The van der Waals surface area contributed by atoms with Gasteiger partial charge in [-0.15, -0.1) is 0 Å². The van der Waals surface area contributed by atoms with Gasteiger partial charge in [0.25, 0.3) is 0 Å². The molecule has 2 nitrogen and oxygen atoms in total. The lowest BCUT2D eigenvalue weighted by Crippen LogP contribution is -1.87. The van der Waals surface area contributed by atoms with Crippen molar-refractivity contribution < 1.29 is 0 Å². The Balaban J connectivity index is 2.40. The van der Waals surface area contributed by atoms with Gasteiger partial charge in [-0.3, -0.25) is 0 Å². The van der Waals surface area contributed by atoms with Crippen LogP contribution in [0.3, 0.4) is 0 Å². The van der Waals surface area contributed by atoms with Gasteiger partial charge in [0.2, 0.25) is 0 Å². The molecule has 4 rings (SSSR count). The van der Waals surface area contributed by atoms with Gasteiger partial charge < -0.3 is 9.55 Å². The summed E-state index contributed by atoms with van der Waals surface area (Å²) in [5, 5.41) is 2.64. The summed E-state index contributed by atoms with van der Waals surface area (Å²) in [6.07, 6.45) is 0. The predicted octanol–water partition coefficient (Wildman–Crippen LogP) is 4.12. The van der Waals surface area contributed by atoms with E-state index in [1.54, 1.807) is 0 Å². The second kappa shape index (κ2) is 3.16. The maximum Gasteiger partial charge on any atom is 0.0751 e. The van der Waals surface area contributed by atoms with E-state index in [4.69, 9.17) is 0 Å². The van der Waals surface area contributed by atoms with Crippen molar-refractivity contribution in [2.45, 2.75) is 6.92 Å². The summed E-state index contributed by atoms with van der Waals surface area (Å²) in [5.74, 6) is 0. The predicted molar refractivity (Wildman–Crippen MR) is 77.0 cm³/mol. The molecule has 0 unspecified atom stereocenters. The highest BCUT2D eigenvalue weighted by molar-refractivity contribution is 6.18. The molecule has 0 atom stereocenters. The maximum atomic E-state index is 3.56. The van der Waals surface area contributed by atoms with Gasteiger partial charge in [0.1, 0.15) is 0 Å². The number of nitrogens with zero attached hydrogens (tertiary/aromatic N) is 1. The van der Waals surface area contributed by atoms with E-state index >= 15 is 0 Å². The van der Waals surface area contributed by atoms with Crippen LogP contribution in [0.2, 0.25) is 0 Å². The van der Waals surface area contributed by atoms with Crippen LogP contribution in [0, 0.1) is 6.92 Å². The van der Waals surface area contributed by atoms with Crippen LogP contribution >= 0.6 is 0 Å². The standard InChI is InChI=1S/C16H14N2/c1-10-6-5-8-12-14(10)16-15(17-12)11-7-3-4-9-13(11)18(16)2/h3-9,17H,1-2H3. The van der Waals surface area contributed by atoms with Crippen molar-refractivity contribution in [1.82, 2.24) is 9.55 Å². The molecule has 2 heterocycles. The van der Waals surface area contributed by atoms with Gasteiger partial charge in [-0.1, -0.05) is 30.3 Å². The van der Waals surface area contributed by atoms with E-state index in [2.05, 4.69) is 66.0 Å². The number of aryl methyl sites for hydroxylation is 2. The monoisotopic (exact) mass is 234 g/mol. The van der Waals surface area contributed by atoms with Crippen LogP contribution in [-0.2, 0) is 7.05 Å². The zero-order chi connectivity index (χ0) is 12.3. The molecule has 2 aromatic heterocycles. The van der Waals surface area contributed by atoms with E-state index in [1.807, 2.05) is 0 Å². The van der Waals surface area contributed by atoms with Crippen molar-refractivity contribution in [1.29, 1.82) is 0 Å². The molecule has 0 spiro atoms. The highest BCUT2D eigenvalue weighted by atomic mass is 15.0. The zero-order valence-corrected chi connectivity index (χ0v) is 10.5. The Morgan fingerprint density at radius 2 is 1.83 bits per heavy atom. The summed E-state index contributed by atoms with van der Waals surface area (Å²) in [6.45, 7) is 2.17. The third-order valence-electron chi connectivity index (χ3n) is 3.88. The van der Waals surface area contributed by atoms with Gasteiger partial charge in [-0.25, -0.2) is 0 Å². The first-order valence-electron chi connectivity index (χ1n) is 6.22. The van der Waals surface area contributed by atoms with Crippen LogP contribution in [-0.4, -0.2) is 9.55 Å². The van der Waals surface area contributed by atoms with Crippen LogP contribution in [0.15, 0.2) is 42.5 Å². The van der Waals surface area contributed by atoms with Gasteiger partial charge in [-0.05, 0) is 24.6 Å². The first kappa shape index (κ1) is 9.77. The largest absolute Gasteiger partial charge is 0.353 e. The molecule has 0 bridgehead atoms. The van der Waals surface area contributed by atoms with Crippen molar-refractivity contribution in [3.63, 3.8) is 0 Å². The number of benzene rings is 2. The third kappa shape index (κ3) is 1.03. The number of aromatic nitrogens is 2. The Hall–Kier alpha value is -2.22. The number of H-pyrrole nitrogens is 1. The van der Waals surface area contributed by atoms with Crippen molar-refractivity contribution >= 4 is 32.8 Å². The fraction of sp³-hybridized carbons (Fsp3) is 0.125. The summed E-state index contributed by atoms with van der Waals surface area (Å²) in [4.78, 5) is 3.56. The normalized spacial score (nSPS) is 11.9. The molecule has 0 saturated carbocycles. The van der Waals surface area contributed by atoms with Crippen molar-refractivity contribution in [2.24, 2.45) is 7.05 Å². The molecule has 1 N–H and O–H groups in total. The Morgan fingerprint density at radius 3 is 2.72 bits per heavy atom. The van der Waals surface area contributed by atoms with Crippen LogP contribution < -0.4 is 0 Å². The second-order valence-electron chi connectivity index (χ2n) is 4.92. The number of para-hydroxylation sites is 1. The maximum absolute atomic E-state index is 3.56. The summed E-state index contributed by atoms with van der Waals surface area (Å²) in [7, 11) is 2.14. The van der Waals surface area contributed by atoms with Crippen molar-refractivity contribution in [3.8, 4) is 0 Å². The summed E-state index contributed by atoms with van der Waals surface area (Å²) < 4.78 is 2.29. The average Bonchev–Trinajstić information content (AvgIpc) is 2.89. The van der Waals surface area contributed by atoms with Crippen molar-refractivity contribution in [2.75, 3.05) is 0 Å². The minimum Gasteiger partial charge on any atom is -0.353 e. The highest BCUT2D eigenvalue weighted by Crippen LogP contribution is 2.34. The van der Waals surface area contributed by atoms with Gasteiger partial charge in [-0.2, -0.15) is 0 Å². The Bertz CT molecular complexity index is 894. The average molecular weight is 234 g/mol. The Kier molecular flexibility index (Phi) is 1.72. The van der Waals surface area contributed by atoms with Crippen LogP contribution in [0.25, 0.3) is 32.8 Å². The van der Waals surface area contributed by atoms with E-state index < -0.39 is 0 Å². The second-order valence-corrected chi connectivity index (χ2v) is 4.92. The SMILES string of the molecule is Cc1cccc2[nH]c3c4ccccc4n(C)c3c12. The minimum absolute atomic E-state index is 1.22. The van der Waals surface area contributed by atoms with E-state index in [-0.39, 0.29) is 0 Å². The number of hydrogen-bond donors (Lipinski definition) is 1. The van der Waals surface area contributed by atoms with E-state index in [9.17, 15) is 0 Å². The molecule has 0 radical (unpaired) electrons. The number of aromatic amines is 1. The van der Waals surface area contributed by atoms with E-state index in [0.29, 0.717) is 0 Å². The molecule has 4 aromatic rings. The van der Waals surface area contributed by atoms with Gasteiger partial charge in [0, 0.05) is 23.3 Å². The molecule has 88 valence electrons. The minimum atomic E-state index is 1.22. The quantitative estimate of drug-likeness (QED) is 0.472. The molecular weight excluding hydrogens is 220 g/mol. The zero-order valence-electron chi connectivity index (χ0n) is 10.5. The Labute approximate surface area is 105 Å². The summed E-state index contributed by atoms with van der Waals surface area (Å²) in [6, 6.07) is 15.0. The van der Waals surface area contributed by atoms with Crippen LogP contribution in [0.4, 0.5) is 0 Å². The molecule has 0 aliphatic heterocycles. The first-order valence-corrected chi connectivity index (χ1v) is 6.22. The first-order chi connectivity index (χ1) is 8.77. The Morgan fingerprint density at radius 1 is 1.00 bits per heavy atom. The number of hydrogen-bond acceptors (Lipinski definition) is 0. The lowest BCUT2D eigenvalue weighted by molar-refractivity contribution is 1.02. The fourth-order valence-electron chi connectivity index (χ4n) is 3.03. The molecule has 2 heteroatoms. The molecular formula is C16H14N2. The fourth-order valence-corrected chi connectivity index (χ4v) is 3.03. The van der Waals surface area contributed by atoms with E-state index in [1.165, 1.54) is 38.4 Å². The molecule has 0 saturated heterocycles. The van der Waals surface area contributed by atoms with Crippen LogP contribution in [0.5, 0.6) is 0 Å². The van der Waals surface area contributed by atoms with Gasteiger partial charge in [0.15, 0.2) is 0 Å².